The van der Waals surface area contributed by atoms with Gasteiger partial charge in [-0.3, -0.25) is 9.59 Å². The van der Waals surface area contributed by atoms with E-state index in [0.717, 1.165) is 43.4 Å². The fraction of sp³-hybridized carbons (Fsp3) is 0.500. The van der Waals surface area contributed by atoms with Crippen LogP contribution in [0.15, 0.2) is 54.6 Å². The zero-order chi connectivity index (χ0) is 23.6. The van der Waals surface area contributed by atoms with E-state index in [1.165, 1.54) is 5.56 Å². The molecule has 0 bridgehead atoms. The van der Waals surface area contributed by atoms with E-state index in [1.807, 2.05) is 56.0 Å². The second-order valence-electron chi connectivity index (χ2n) is 10.4. The summed E-state index contributed by atoms with van der Waals surface area (Å²) in [7, 11) is 0. The van der Waals surface area contributed by atoms with E-state index in [9.17, 15) is 9.59 Å². The van der Waals surface area contributed by atoms with E-state index >= 15 is 0 Å². The zero-order valence-electron chi connectivity index (χ0n) is 20.0. The molecule has 2 amide bonds. The van der Waals surface area contributed by atoms with Gasteiger partial charge in [0.15, 0.2) is 0 Å². The van der Waals surface area contributed by atoms with Crippen molar-refractivity contribution < 1.29 is 9.59 Å². The number of aryl methyl sites for hydroxylation is 1. The topological polar surface area (TPSA) is 40.6 Å². The van der Waals surface area contributed by atoms with Crippen molar-refractivity contribution in [3.63, 3.8) is 0 Å². The molecular formula is C28H35ClN2O2. The highest BCUT2D eigenvalue weighted by molar-refractivity contribution is 6.19. The number of rotatable bonds is 4. The Labute approximate surface area is 202 Å². The van der Waals surface area contributed by atoms with Crippen LogP contribution in [0.5, 0.6) is 0 Å². The number of carbonyl (C=O) groups is 2. The van der Waals surface area contributed by atoms with Crippen molar-refractivity contribution in [3.8, 4) is 0 Å². The average Bonchev–Trinajstić information content (AvgIpc) is 3.07. The minimum absolute atomic E-state index is 0.0700. The van der Waals surface area contributed by atoms with Crippen LogP contribution in [0, 0.1) is 12.3 Å². The van der Waals surface area contributed by atoms with Gasteiger partial charge in [-0.1, -0.05) is 60.9 Å². The molecule has 2 aromatic carbocycles. The summed E-state index contributed by atoms with van der Waals surface area (Å²) >= 11 is 6.19. The van der Waals surface area contributed by atoms with E-state index in [1.54, 1.807) is 0 Å². The lowest BCUT2D eigenvalue weighted by molar-refractivity contribution is -0.138. The molecule has 5 heteroatoms. The van der Waals surface area contributed by atoms with Crippen LogP contribution in [0.1, 0.15) is 66.9 Å². The maximum absolute atomic E-state index is 14.0. The minimum atomic E-state index is -0.634. The normalized spacial score (nSPS) is 23.6. The second kappa shape index (κ2) is 9.50. The van der Waals surface area contributed by atoms with Gasteiger partial charge in [-0.2, -0.15) is 0 Å². The number of hydrogen-bond donors (Lipinski definition) is 0. The number of amides is 2. The summed E-state index contributed by atoms with van der Waals surface area (Å²) in [4.78, 5) is 31.6. The molecule has 33 heavy (non-hydrogen) atoms. The average molecular weight is 467 g/mol. The van der Waals surface area contributed by atoms with Gasteiger partial charge in [-0.05, 0) is 51.3 Å². The molecule has 2 saturated heterocycles. The smallest absolute Gasteiger partial charge is 0.254 e. The van der Waals surface area contributed by atoms with Crippen molar-refractivity contribution in [3.05, 3.63) is 71.3 Å². The Morgan fingerprint density at radius 3 is 2.52 bits per heavy atom. The molecule has 4 rings (SSSR count). The maximum Gasteiger partial charge on any atom is 0.254 e. The molecule has 0 saturated carbocycles. The number of carbonyl (C=O) groups excluding carboxylic acids is 2. The lowest BCUT2D eigenvalue weighted by Crippen LogP contribution is -2.56. The van der Waals surface area contributed by atoms with E-state index < -0.39 is 11.0 Å². The Balaban J connectivity index is 1.80. The molecule has 1 spiro atoms. The minimum Gasteiger partial charge on any atom is -0.339 e. The predicted octanol–water partition coefficient (Wildman–Crippen LogP) is 5.64. The molecule has 176 valence electrons. The monoisotopic (exact) mass is 466 g/mol. The predicted molar refractivity (Wildman–Crippen MR) is 134 cm³/mol. The van der Waals surface area contributed by atoms with Crippen LogP contribution in [0.3, 0.4) is 0 Å². The maximum atomic E-state index is 14.0. The van der Waals surface area contributed by atoms with Gasteiger partial charge in [0.05, 0.1) is 11.0 Å². The van der Waals surface area contributed by atoms with E-state index in [4.69, 9.17) is 11.6 Å². The van der Waals surface area contributed by atoms with Gasteiger partial charge in [-0.25, -0.2) is 0 Å². The lowest BCUT2D eigenvalue weighted by Gasteiger charge is -2.44. The SMILES string of the molecule is Cc1cccc(C(=O)N2CCCCC[C@]23CN(C(=O)C(C)(C)CCl)C[C@H]3c2ccccc2)c1. The molecule has 0 N–H and O–H groups in total. The van der Waals surface area contributed by atoms with Crippen molar-refractivity contribution in [2.45, 2.75) is 57.9 Å². The van der Waals surface area contributed by atoms with E-state index in [2.05, 4.69) is 29.2 Å². The van der Waals surface area contributed by atoms with Crippen molar-refractivity contribution in [2.75, 3.05) is 25.5 Å². The molecular weight excluding hydrogens is 432 g/mol. The van der Waals surface area contributed by atoms with Crippen LogP contribution in [0.4, 0.5) is 0 Å². The van der Waals surface area contributed by atoms with Crippen molar-refractivity contribution in [1.29, 1.82) is 0 Å². The molecule has 0 unspecified atom stereocenters. The molecule has 2 aliphatic heterocycles. The van der Waals surface area contributed by atoms with Crippen LogP contribution >= 0.6 is 11.6 Å². The third-order valence-corrected chi connectivity index (χ3v) is 8.13. The van der Waals surface area contributed by atoms with E-state index in [0.29, 0.717) is 13.1 Å². The van der Waals surface area contributed by atoms with Gasteiger partial charge >= 0.3 is 0 Å². The molecule has 2 fully saturated rings. The number of hydrogen-bond acceptors (Lipinski definition) is 2. The van der Waals surface area contributed by atoms with Gasteiger partial charge in [0.2, 0.25) is 5.91 Å². The summed E-state index contributed by atoms with van der Waals surface area (Å²) in [5.74, 6) is 0.493. The van der Waals surface area contributed by atoms with Gasteiger partial charge in [-0.15, -0.1) is 11.6 Å². The van der Waals surface area contributed by atoms with Gasteiger partial charge in [0.1, 0.15) is 0 Å². The third kappa shape index (κ3) is 4.55. The number of nitrogens with zero attached hydrogens (tertiary/aromatic N) is 2. The van der Waals surface area contributed by atoms with Gasteiger partial charge < -0.3 is 9.80 Å². The molecule has 0 aromatic heterocycles. The molecule has 2 heterocycles. The molecule has 0 aliphatic carbocycles. The highest BCUT2D eigenvalue weighted by Gasteiger charge is 2.54. The standard InChI is InChI=1S/C28H35ClN2O2/c1-21-11-10-14-23(17-21)25(32)31-16-9-5-8-15-28(31)20-30(26(33)27(2,3)19-29)18-24(28)22-12-6-4-7-13-22/h4,6-7,10-14,17,24H,5,8-9,15-16,18-20H2,1-3H3/t24-,28+/m0/s1. The molecule has 4 nitrogen and oxygen atoms in total. The fourth-order valence-corrected chi connectivity index (χ4v) is 5.75. The van der Waals surface area contributed by atoms with Gasteiger partial charge in [0.25, 0.3) is 5.91 Å². The van der Waals surface area contributed by atoms with Crippen LogP contribution < -0.4 is 0 Å². The van der Waals surface area contributed by atoms with Crippen LogP contribution in [0.25, 0.3) is 0 Å². The highest BCUT2D eigenvalue weighted by atomic mass is 35.5. The van der Waals surface area contributed by atoms with Crippen LogP contribution in [0.2, 0.25) is 0 Å². The third-order valence-electron chi connectivity index (χ3n) is 7.46. The first-order valence-electron chi connectivity index (χ1n) is 12.1. The first-order valence-corrected chi connectivity index (χ1v) is 12.6. The fourth-order valence-electron chi connectivity index (χ4n) is 5.64. The Bertz CT molecular complexity index is 1010. The van der Waals surface area contributed by atoms with E-state index in [-0.39, 0.29) is 23.6 Å². The van der Waals surface area contributed by atoms with Gasteiger partial charge in [0, 0.05) is 37.0 Å². The largest absolute Gasteiger partial charge is 0.339 e. The molecule has 2 atom stereocenters. The highest BCUT2D eigenvalue weighted by Crippen LogP contribution is 2.46. The number of likely N-dealkylation sites (tertiary alicyclic amines) is 2. The number of alkyl halides is 1. The number of halogens is 1. The Morgan fingerprint density at radius 2 is 1.82 bits per heavy atom. The van der Waals surface area contributed by atoms with Crippen molar-refractivity contribution in [2.24, 2.45) is 5.41 Å². The number of benzene rings is 2. The second-order valence-corrected chi connectivity index (χ2v) is 10.7. The summed E-state index contributed by atoms with van der Waals surface area (Å²) in [5, 5.41) is 0. The van der Waals surface area contributed by atoms with Crippen LogP contribution in [-0.4, -0.2) is 52.7 Å². The van der Waals surface area contributed by atoms with Crippen molar-refractivity contribution >= 4 is 23.4 Å². The molecule has 0 radical (unpaired) electrons. The van der Waals surface area contributed by atoms with Crippen LogP contribution in [-0.2, 0) is 4.79 Å². The van der Waals surface area contributed by atoms with Crippen molar-refractivity contribution in [1.82, 2.24) is 9.80 Å². The quantitative estimate of drug-likeness (QED) is 0.547. The summed E-state index contributed by atoms with van der Waals surface area (Å²) in [5.41, 5.74) is 1.95. The summed E-state index contributed by atoms with van der Waals surface area (Å²) in [6.07, 6.45) is 4.04. The lowest BCUT2D eigenvalue weighted by atomic mass is 9.77. The summed E-state index contributed by atoms with van der Waals surface area (Å²) in [6.45, 7) is 7.73. The first kappa shape index (κ1) is 23.8. The molecule has 2 aromatic rings. The molecule has 2 aliphatic rings. The Morgan fingerprint density at radius 1 is 1.06 bits per heavy atom. The Kier molecular flexibility index (Phi) is 6.86. The zero-order valence-corrected chi connectivity index (χ0v) is 20.8. The Hall–Kier alpha value is -2.33. The summed E-state index contributed by atoms with van der Waals surface area (Å²) < 4.78 is 0. The summed E-state index contributed by atoms with van der Waals surface area (Å²) in [6, 6.07) is 18.3. The first-order chi connectivity index (χ1) is 15.8.